The van der Waals surface area contributed by atoms with Crippen LogP contribution >= 0.6 is 0 Å². The Morgan fingerprint density at radius 1 is 1.31 bits per heavy atom. The fourth-order valence-electron chi connectivity index (χ4n) is 3.12. The van der Waals surface area contributed by atoms with Crippen LogP contribution in [0, 0.1) is 18.6 Å². The average molecular weight is 363 g/mol. The van der Waals surface area contributed by atoms with Gasteiger partial charge in [0.15, 0.2) is 0 Å². The summed E-state index contributed by atoms with van der Waals surface area (Å²) >= 11 is 0. The molecule has 1 N–H and O–H groups in total. The molecular weight excluding hydrogens is 340 g/mol. The van der Waals surface area contributed by atoms with Gasteiger partial charge in [-0.3, -0.25) is 9.69 Å². The number of hydrogen-bond donors (Lipinski definition) is 1. The van der Waals surface area contributed by atoms with Crippen LogP contribution in [0.25, 0.3) is 11.5 Å². The molecule has 1 saturated heterocycles. The molecule has 1 unspecified atom stereocenters. The van der Waals surface area contributed by atoms with Gasteiger partial charge >= 0.3 is 0 Å². The van der Waals surface area contributed by atoms with Crippen molar-refractivity contribution in [3.63, 3.8) is 0 Å². The van der Waals surface area contributed by atoms with E-state index in [0.29, 0.717) is 18.7 Å². The number of nitrogens with one attached hydrogen (secondary N) is 1. The van der Waals surface area contributed by atoms with Gasteiger partial charge in [0, 0.05) is 43.2 Å². The number of rotatable bonds is 6. The van der Waals surface area contributed by atoms with Crippen molar-refractivity contribution >= 4 is 5.91 Å². The Kier molecular flexibility index (Phi) is 5.36. The average Bonchev–Trinajstić information content (AvgIpc) is 3.12. The van der Waals surface area contributed by atoms with Crippen LogP contribution in [0.1, 0.15) is 38.1 Å². The van der Waals surface area contributed by atoms with Crippen molar-refractivity contribution in [2.75, 3.05) is 6.54 Å². The van der Waals surface area contributed by atoms with Gasteiger partial charge in [0.25, 0.3) is 0 Å². The molecule has 0 radical (unpaired) electrons. The van der Waals surface area contributed by atoms with Gasteiger partial charge in [0.05, 0.1) is 5.69 Å². The second-order valence-corrected chi connectivity index (χ2v) is 7.01. The fraction of sp³-hybridized carbons (Fsp3) is 0.474. The number of oxazole rings is 1. The summed E-state index contributed by atoms with van der Waals surface area (Å²) in [5.74, 6) is -0.428. The predicted octanol–water partition coefficient (Wildman–Crippen LogP) is 3.42. The molecule has 1 aliphatic rings. The quantitative estimate of drug-likeness (QED) is 0.854. The summed E-state index contributed by atoms with van der Waals surface area (Å²) in [6.45, 7) is 7.21. The molecule has 0 saturated carbocycles. The minimum atomic E-state index is -0.668. The van der Waals surface area contributed by atoms with Crippen LogP contribution in [0.4, 0.5) is 8.78 Å². The number of amides is 1. The van der Waals surface area contributed by atoms with Gasteiger partial charge in [-0.1, -0.05) is 0 Å². The first-order valence-corrected chi connectivity index (χ1v) is 8.78. The monoisotopic (exact) mass is 363 g/mol. The van der Waals surface area contributed by atoms with E-state index < -0.39 is 11.6 Å². The molecule has 0 aliphatic carbocycles. The van der Waals surface area contributed by atoms with Crippen LogP contribution in [0.5, 0.6) is 0 Å². The SMILES string of the molecule is Cc1oc(-c2cc(F)cc(F)c2)nc1CN(CC1CCC(=O)N1)C(C)C. The van der Waals surface area contributed by atoms with Crippen LogP contribution in [-0.2, 0) is 11.3 Å². The summed E-state index contributed by atoms with van der Waals surface area (Å²) < 4.78 is 32.5. The Labute approximate surface area is 151 Å². The molecule has 2 aromatic rings. The Balaban J connectivity index is 1.77. The number of halogens is 2. The Morgan fingerprint density at radius 3 is 2.58 bits per heavy atom. The molecule has 0 bridgehead atoms. The zero-order chi connectivity index (χ0) is 18.8. The number of nitrogens with zero attached hydrogens (tertiary/aromatic N) is 2. The lowest BCUT2D eigenvalue weighted by Gasteiger charge is -2.28. The molecule has 2 heterocycles. The lowest BCUT2D eigenvalue weighted by Crippen LogP contribution is -2.41. The van der Waals surface area contributed by atoms with Crippen molar-refractivity contribution in [3.8, 4) is 11.5 Å². The first-order valence-electron chi connectivity index (χ1n) is 8.78. The van der Waals surface area contributed by atoms with Crippen LogP contribution < -0.4 is 5.32 Å². The van der Waals surface area contributed by atoms with Gasteiger partial charge in [0.2, 0.25) is 11.8 Å². The minimum Gasteiger partial charge on any atom is -0.441 e. The molecule has 1 atom stereocenters. The zero-order valence-electron chi connectivity index (χ0n) is 15.2. The van der Waals surface area contributed by atoms with Crippen molar-refractivity contribution < 1.29 is 18.0 Å². The van der Waals surface area contributed by atoms with Crippen LogP contribution in [0.15, 0.2) is 22.6 Å². The van der Waals surface area contributed by atoms with E-state index in [1.54, 1.807) is 6.92 Å². The molecular formula is C19H23F2N3O2. The van der Waals surface area contributed by atoms with Gasteiger partial charge in [0.1, 0.15) is 17.4 Å². The largest absolute Gasteiger partial charge is 0.441 e. The topological polar surface area (TPSA) is 58.4 Å². The molecule has 140 valence electrons. The third kappa shape index (κ3) is 4.27. The van der Waals surface area contributed by atoms with E-state index in [2.05, 4.69) is 29.0 Å². The van der Waals surface area contributed by atoms with Crippen molar-refractivity contribution in [2.45, 2.75) is 52.2 Å². The van der Waals surface area contributed by atoms with Gasteiger partial charge < -0.3 is 9.73 Å². The molecule has 1 amide bonds. The number of hydrogen-bond acceptors (Lipinski definition) is 4. The maximum absolute atomic E-state index is 13.4. The smallest absolute Gasteiger partial charge is 0.226 e. The van der Waals surface area contributed by atoms with Crippen molar-refractivity contribution in [1.82, 2.24) is 15.2 Å². The highest BCUT2D eigenvalue weighted by molar-refractivity contribution is 5.78. The van der Waals surface area contributed by atoms with E-state index in [9.17, 15) is 13.6 Å². The molecule has 7 heteroatoms. The van der Waals surface area contributed by atoms with Gasteiger partial charge in [-0.05, 0) is 39.3 Å². The predicted molar refractivity (Wildman–Crippen MR) is 93.3 cm³/mol. The molecule has 1 aromatic heterocycles. The van der Waals surface area contributed by atoms with E-state index >= 15 is 0 Å². The summed E-state index contributed by atoms with van der Waals surface area (Å²) in [6, 6.07) is 3.60. The minimum absolute atomic E-state index is 0.0896. The first-order chi connectivity index (χ1) is 12.3. The van der Waals surface area contributed by atoms with Crippen LogP contribution in [0.2, 0.25) is 0 Å². The van der Waals surface area contributed by atoms with E-state index in [4.69, 9.17) is 4.42 Å². The summed E-state index contributed by atoms with van der Waals surface area (Å²) in [5, 5.41) is 2.98. The lowest BCUT2D eigenvalue weighted by molar-refractivity contribution is -0.119. The Hall–Kier alpha value is -2.28. The molecule has 5 nitrogen and oxygen atoms in total. The molecule has 3 rings (SSSR count). The van der Waals surface area contributed by atoms with E-state index in [0.717, 1.165) is 24.7 Å². The third-order valence-electron chi connectivity index (χ3n) is 4.63. The lowest BCUT2D eigenvalue weighted by atomic mass is 10.1. The molecule has 0 spiro atoms. The van der Waals surface area contributed by atoms with Gasteiger partial charge in [-0.15, -0.1) is 0 Å². The number of aromatic nitrogens is 1. The second-order valence-electron chi connectivity index (χ2n) is 7.01. The van der Waals surface area contributed by atoms with Crippen molar-refractivity contribution in [3.05, 3.63) is 41.3 Å². The van der Waals surface area contributed by atoms with Gasteiger partial charge in [-0.25, -0.2) is 13.8 Å². The Bertz CT molecular complexity index is 784. The summed E-state index contributed by atoms with van der Waals surface area (Å²) in [4.78, 5) is 18.1. The first kappa shape index (κ1) is 18.5. The molecule has 26 heavy (non-hydrogen) atoms. The van der Waals surface area contributed by atoms with E-state index in [1.165, 1.54) is 12.1 Å². The van der Waals surface area contributed by atoms with E-state index in [-0.39, 0.29) is 29.4 Å². The maximum atomic E-state index is 13.4. The highest BCUT2D eigenvalue weighted by atomic mass is 19.1. The molecule has 1 aliphatic heterocycles. The number of carbonyl (C=O) groups is 1. The highest BCUT2D eigenvalue weighted by Gasteiger charge is 2.25. The maximum Gasteiger partial charge on any atom is 0.226 e. The van der Waals surface area contributed by atoms with Crippen molar-refractivity contribution in [2.24, 2.45) is 0 Å². The van der Waals surface area contributed by atoms with Gasteiger partial charge in [-0.2, -0.15) is 0 Å². The van der Waals surface area contributed by atoms with Crippen molar-refractivity contribution in [1.29, 1.82) is 0 Å². The fourth-order valence-corrected chi connectivity index (χ4v) is 3.12. The van der Waals surface area contributed by atoms with Crippen LogP contribution in [-0.4, -0.2) is 34.4 Å². The van der Waals surface area contributed by atoms with Crippen LogP contribution in [0.3, 0.4) is 0 Å². The normalized spacial score (nSPS) is 17.3. The van der Waals surface area contributed by atoms with E-state index in [1.807, 2.05) is 0 Å². The number of benzene rings is 1. The summed E-state index contributed by atoms with van der Waals surface area (Å²) in [5.41, 5.74) is 0.999. The number of aryl methyl sites for hydroxylation is 1. The second kappa shape index (κ2) is 7.53. The number of carbonyl (C=O) groups excluding carboxylic acids is 1. The molecule has 1 fully saturated rings. The summed E-state index contributed by atoms with van der Waals surface area (Å²) in [7, 11) is 0. The standard InChI is InChI=1S/C19H23F2N3O2/c1-11(2)24(9-16-4-5-18(25)22-16)10-17-12(3)26-19(23-17)13-6-14(20)8-15(21)7-13/h6-8,11,16H,4-5,9-10H2,1-3H3,(H,22,25). The molecule has 1 aromatic carbocycles. The highest BCUT2D eigenvalue weighted by Crippen LogP contribution is 2.25. The Morgan fingerprint density at radius 2 is 2.00 bits per heavy atom. The third-order valence-corrected chi connectivity index (χ3v) is 4.63. The zero-order valence-corrected chi connectivity index (χ0v) is 15.2. The summed E-state index contributed by atoms with van der Waals surface area (Å²) in [6.07, 6.45) is 1.39.